The van der Waals surface area contributed by atoms with Crippen molar-refractivity contribution in [2.24, 2.45) is 5.73 Å². The first-order valence-corrected chi connectivity index (χ1v) is 12.6. The fourth-order valence-electron chi connectivity index (χ4n) is 5.50. The number of hydrogen-bond acceptors (Lipinski definition) is 6. The monoisotopic (exact) mass is 464 g/mol. The SMILES string of the molecule is NC=O.c1ccc(N2CCN(c3ccc4c(c3)COC3(CCN(C5CCC5)CC3)O4)CC2)cc1. The average molecular weight is 465 g/mol. The highest BCUT2D eigenvalue weighted by Gasteiger charge is 2.42. The number of nitrogens with two attached hydrogens (primary N) is 1. The molecule has 3 fully saturated rings. The average Bonchev–Trinajstić information content (AvgIpc) is 2.85. The Morgan fingerprint density at radius 3 is 2.15 bits per heavy atom. The quantitative estimate of drug-likeness (QED) is 0.703. The third kappa shape index (κ3) is 4.86. The third-order valence-corrected chi connectivity index (χ3v) is 7.75. The molecule has 7 heteroatoms. The number of piperidine rings is 1. The van der Waals surface area contributed by atoms with Gasteiger partial charge >= 0.3 is 0 Å². The minimum absolute atomic E-state index is 0.250. The molecule has 0 aromatic heterocycles. The number of carbonyl (C=O) groups excluding carboxylic acids is 1. The molecule has 1 aliphatic carbocycles. The first-order chi connectivity index (χ1) is 16.7. The topological polar surface area (TPSA) is 71.3 Å². The molecule has 4 aliphatic rings. The molecular weight excluding hydrogens is 428 g/mol. The zero-order chi connectivity index (χ0) is 23.4. The van der Waals surface area contributed by atoms with E-state index in [0.29, 0.717) is 6.61 Å². The van der Waals surface area contributed by atoms with Crippen molar-refractivity contribution in [2.75, 3.05) is 49.1 Å². The number of piperazine rings is 1. The van der Waals surface area contributed by atoms with Gasteiger partial charge in [0.05, 0.1) is 6.61 Å². The normalized spacial score (nSPS) is 22.1. The number of benzene rings is 2. The van der Waals surface area contributed by atoms with Crippen LogP contribution in [-0.2, 0) is 16.1 Å². The van der Waals surface area contributed by atoms with Gasteiger partial charge in [0, 0.05) is 75.1 Å². The lowest BCUT2D eigenvalue weighted by Gasteiger charge is -2.47. The summed E-state index contributed by atoms with van der Waals surface area (Å²) in [6.07, 6.45) is 6.36. The molecule has 0 bridgehead atoms. The highest BCUT2D eigenvalue weighted by molar-refractivity contribution is 5.56. The van der Waals surface area contributed by atoms with Crippen molar-refractivity contribution in [2.45, 2.75) is 50.5 Å². The smallest absolute Gasteiger partial charge is 0.213 e. The number of primary amides is 1. The fourth-order valence-corrected chi connectivity index (χ4v) is 5.50. The zero-order valence-corrected chi connectivity index (χ0v) is 19.9. The van der Waals surface area contributed by atoms with Gasteiger partial charge in [-0.1, -0.05) is 24.6 Å². The number of carbonyl (C=O) groups is 1. The van der Waals surface area contributed by atoms with Crippen molar-refractivity contribution in [3.8, 4) is 5.75 Å². The van der Waals surface area contributed by atoms with Crippen LogP contribution in [0.1, 0.15) is 37.7 Å². The Hall–Kier alpha value is -2.77. The number of nitrogens with zero attached hydrogens (tertiary/aromatic N) is 3. The summed E-state index contributed by atoms with van der Waals surface area (Å²) in [5, 5.41) is 0. The van der Waals surface area contributed by atoms with E-state index in [2.05, 4.69) is 69.0 Å². The molecule has 0 atom stereocenters. The molecule has 182 valence electrons. The highest BCUT2D eigenvalue weighted by Crippen LogP contribution is 2.40. The number of likely N-dealkylation sites (tertiary alicyclic amines) is 1. The molecule has 0 radical (unpaired) electrons. The number of anilines is 2. The zero-order valence-electron chi connectivity index (χ0n) is 19.9. The predicted octanol–water partition coefficient (Wildman–Crippen LogP) is 3.37. The van der Waals surface area contributed by atoms with E-state index in [4.69, 9.17) is 14.3 Å². The largest absolute Gasteiger partial charge is 0.462 e. The van der Waals surface area contributed by atoms with Gasteiger partial charge in [0.1, 0.15) is 5.75 Å². The minimum atomic E-state index is -0.407. The summed E-state index contributed by atoms with van der Waals surface area (Å²) in [4.78, 5) is 16.2. The van der Waals surface area contributed by atoms with E-state index < -0.39 is 5.79 Å². The van der Waals surface area contributed by atoms with E-state index in [1.165, 1.54) is 36.2 Å². The Bertz CT molecular complexity index is 950. The predicted molar refractivity (Wildman–Crippen MR) is 134 cm³/mol. The van der Waals surface area contributed by atoms with Crippen LogP contribution in [0.15, 0.2) is 48.5 Å². The fraction of sp³-hybridized carbons (Fsp3) is 0.519. The van der Waals surface area contributed by atoms with Crippen LogP contribution in [0, 0.1) is 0 Å². The van der Waals surface area contributed by atoms with Gasteiger partial charge in [-0.25, -0.2) is 0 Å². The molecule has 1 amide bonds. The van der Waals surface area contributed by atoms with Gasteiger partial charge in [0.25, 0.3) is 0 Å². The van der Waals surface area contributed by atoms with E-state index in [-0.39, 0.29) is 6.41 Å². The first kappa shape index (κ1) is 23.0. The lowest BCUT2D eigenvalue weighted by molar-refractivity contribution is -0.231. The Kier molecular flexibility index (Phi) is 6.92. The number of hydrogen-bond donors (Lipinski definition) is 1. The summed E-state index contributed by atoms with van der Waals surface area (Å²) < 4.78 is 12.8. The van der Waals surface area contributed by atoms with Gasteiger partial charge in [-0.15, -0.1) is 0 Å². The van der Waals surface area contributed by atoms with Crippen LogP contribution < -0.4 is 20.3 Å². The Labute approximate surface area is 202 Å². The van der Waals surface area contributed by atoms with Crippen LogP contribution in [0.5, 0.6) is 5.75 Å². The molecule has 7 nitrogen and oxygen atoms in total. The van der Waals surface area contributed by atoms with Crippen LogP contribution in [0.4, 0.5) is 11.4 Å². The van der Waals surface area contributed by atoms with Crippen LogP contribution in [0.2, 0.25) is 0 Å². The van der Waals surface area contributed by atoms with E-state index in [9.17, 15) is 0 Å². The van der Waals surface area contributed by atoms with Gasteiger partial charge in [0.15, 0.2) is 0 Å². The molecule has 2 aromatic carbocycles. The molecule has 1 spiro atoms. The molecule has 1 saturated carbocycles. The van der Waals surface area contributed by atoms with Crippen LogP contribution >= 0.6 is 0 Å². The van der Waals surface area contributed by atoms with Crippen molar-refractivity contribution in [3.63, 3.8) is 0 Å². The Morgan fingerprint density at radius 1 is 0.882 bits per heavy atom. The summed E-state index contributed by atoms with van der Waals surface area (Å²) in [5.74, 6) is 0.616. The lowest BCUT2D eigenvalue weighted by atomic mass is 9.89. The van der Waals surface area contributed by atoms with Gasteiger partial charge < -0.3 is 25.0 Å². The van der Waals surface area contributed by atoms with Crippen molar-refractivity contribution in [1.29, 1.82) is 0 Å². The highest BCUT2D eigenvalue weighted by atomic mass is 16.7. The van der Waals surface area contributed by atoms with E-state index in [1.54, 1.807) is 0 Å². The summed E-state index contributed by atoms with van der Waals surface area (Å²) in [5.41, 5.74) is 7.97. The second-order valence-corrected chi connectivity index (χ2v) is 9.66. The number of para-hydroxylation sites is 1. The lowest BCUT2D eigenvalue weighted by Crippen LogP contribution is -2.54. The summed E-state index contributed by atoms with van der Waals surface area (Å²) in [6, 6.07) is 18.2. The van der Waals surface area contributed by atoms with Gasteiger partial charge in [-0.3, -0.25) is 9.69 Å². The second-order valence-electron chi connectivity index (χ2n) is 9.66. The molecule has 3 aliphatic heterocycles. The first-order valence-electron chi connectivity index (χ1n) is 12.6. The molecule has 34 heavy (non-hydrogen) atoms. The molecule has 2 aromatic rings. The summed E-state index contributed by atoms with van der Waals surface area (Å²) in [7, 11) is 0. The van der Waals surface area contributed by atoms with Crippen molar-refractivity contribution >= 4 is 17.8 Å². The molecule has 2 N–H and O–H groups in total. The van der Waals surface area contributed by atoms with E-state index >= 15 is 0 Å². The van der Waals surface area contributed by atoms with Gasteiger partial charge in [-0.05, 0) is 43.2 Å². The number of rotatable bonds is 3. The van der Waals surface area contributed by atoms with Gasteiger partial charge in [0.2, 0.25) is 12.2 Å². The number of amides is 1. The van der Waals surface area contributed by atoms with Crippen molar-refractivity contribution in [3.05, 3.63) is 54.1 Å². The van der Waals surface area contributed by atoms with Crippen LogP contribution in [-0.4, -0.2) is 62.4 Å². The summed E-state index contributed by atoms with van der Waals surface area (Å²) >= 11 is 0. The maximum absolute atomic E-state index is 8.58. The van der Waals surface area contributed by atoms with Gasteiger partial charge in [-0.2, -0.15) is 0 Å². The van der Waals surface area contributed by atoms with Crippen molar-refractivity contribution < 1.29 is 14.3 Å². The van der Waals surface area contributed by atoms with Crippen molar-refractivity contribution in [1.82, 2.24) is 4.90 Å². The van der Waals surface area contributed by atoms with Crippen LogP contribution in [0.25, 0.3) is 0 Å². The maximum Gasteiger partial charge on any atom is 0.213 e. The van der Waals surface area contributed by atoms with E-state index in [1.807, 2.05) is 0 Å². The molecule has 3 heterocycles. The van der Waals surface area contributed by atoms with Crippen LogP contribution in [0.3, 0.4) is 0 Å². The minimum Gasteiger partial charge on any atom is -0.462 e. The molecule has 2 saturated heterocycles. The number of ether oxygens (including phenoxy) is 2. The second kappa shape index (κ2) is 10.2. The molecule has 0 unspecified atom stereocenters. The number of fused-ring (bicyclic) bond motifs is 1. The maximum atomic E-state index is 8.58. The Balaban J connectivity index is 0.000000764. The molecular formula is C27H36N4O3. The molecule has 6 rings (SSSR count). The Morgan fingerprint density at radius 2 is 1.53 bits per heavy atom. The third-order valence-electron chi connectivity index (χ3n) is 7.75. The summed E-state index contributed by atoms with van der Waals surface area (Å²) in [6.45, 7) is 7.04. The standard InChI is InChI=1S/C26H33N3O2.CH3NO/c1-2-5-22(6-3-1)28-15-17-29(18-16-28)24-9-10-25-21(19-24)20-30-26(31-25)11-13-27(14-12-26)23-7-4-8-23;2-1-3/h1-3,5-6,9-10,19,23H,4,7-8,11-18,20H2;1H,(H2,2,3). The van der Waals surface area contributed by atoms with E-state index in [0.717, 1.165) is 63.9 Å².